The smallest absolute Gasteiger partial charge is 0.225 e. The number of nitrogens with two attached hydrogens (primary N) is 2. The molecule has 1 aliphatic rings. The molecule has 1 aromatic heterocycles. The Balaban J connectivity index is 1.72. The minimum Gasteiger partial charge on any atom is -0.370 e. The number of carbonyl (C=O) groups is 3. The van der Waals surface area contributed by atoms with Crippen LogP contribution in [0.2, 0.25) is 0 Å². The summed E-state index contributed by atoms with van der Waals surface area (Å²) in [6, 6.07) is 6.79. The number of aromatic nitrogens is 1. The average molecular weight is 431 g/mol. The number of ketones is 1. The fourth-order valence-corrected chi connectivity index (χ4v) is 4.41. The summed E-state index contributed by atoms with van der Waals surface area (Å²) in [5.74, 6) is -0.832. The van der Waals surface area contributed by atoms with Crippen LogP contribution in [0.1, 0.15) is 36.0 Å². The van der Waals surface area contributed by atoms with Crippen LogP contribution in [0.5, 0.6) is 0 Å². The Kier molecular flexibility index (Phi) is 6.99. The molecule has 1 aliphatic heterocycles. The molecule has 1 aromatic carbocycles. The van der Waals surface area contributed by atoms with Crippen molar-refractivity contribution in [2.75, 3.05) is 19.6 Å². The van der Waals surface area contributed by atoms with Crippen molar-refractivity contribution in [3.63, 3.8) is 0 Å². The maximum absolute atomic E-state index is 13.1. The van der Waals surface area contributed by atoms with Gasteiger partial charge >= 0.3 is 0 Å². The highest BCUT2D eigenvalue weighted by molar-refractivity contribution is 7.20. The number of guanidine groups is 1. The van der Waals surface area contributed by atoms with Crippen molar-refractivity contribution in [1.29, 1.82) is 0 Å². The zero-order valence-electron chi connectivity index (χ0n) is 16.8. The molecule has 1 fully saturated rings. The molecule has 1 saturated heterocycles. The molecule has 0 saturated carbocycles. The summed E-state index contributed by atoms with van der Waals surface area (Å²) in [5, 5.41) is 3.24. The number of nitrogens with one attached hydrogen (secondary N) is 1. The van der Waals surface area contributed by atoms with Crippen molar-refractivity contribution in [2.45, 2.75) is 32.2 Å². The van der Waals surface area contributed by atoms with E-state index in [0.29, 0.717) is 43.9 Å². The number of aliphatic imine (C=N–C) groups is 1. The van der Waals surface area contributed by atoms with Gasteiger partial charge in [0.1, 0.15) is 0 Å². The molecule has 2 heterocycles. The lowest BCUT2D eigenvalue weighted by Crippen LogP contribution is -2.44. The molecule has 2 unspecified atom stereocenters. The standard InChI is InChI=1S/C20H26N6O3S/c1-12(27)26-10-8-13(11-26)18(29)24-15(6-4-9-23-20(21)22)17(28)19-25-14-5-2-3-7-16(14)30-19/h2-3,5,7,13,15H,4,6,8-11H2,1H3,(H,24,29)(H4,21,22,23). The van der Waals surface area contributed by atoms with E-state index < -0.39 is 6.04 Å². The van der Waals surface area contributed by atoms with Gasteiger partial charge < -0.3 is 21.7 Å². The van der Waals surface area contributed by atoms with Gasteiger partial charge in [0.15, 0.2) is 11.0 Å². The lowest BCUT2D eigenvalue weighted by Gasteiger charge is -2.19. The zero-order valence-corrected chi connectivity index (χ0v) is 17.7. The van der Waals surface area contributed by atoms with E-state index >= 15 is 0 Å². The van der Waals surface area contributed by atoms with Gasteiger partial charge in [-0.1, -0.05) is 12.1 Å². The molecule has 2 amide bonds. The molecular formula is C20H26N6O3S. The van der Waals surface area contributed by atoms with Gasteiger partial charge in [0.05, 0.1) is 22.2 Å². The third-order valence-electron chi connectivity index (χ3n) is 5.09. The Morgan fingerprint density at radius 2 is 2.10 bits per heavy atom. The SMILES string of the molecule is CC(=O)N1CCC(C(=O)NC(CCCN=C(N)N)C(=O)c2nc3ccccc3s2)C1. The Hall–Kier alpha value is -3.01. The molecule has 0 radical (unpaired) electrons. The summed E-state index contributed by atoms with van der Waals surface area (Å²) in [6.07, 6.45) is 1.51. The largest absolute Gasteiger partial charge is 0.370 e. The van der Waals surface area contributed by atoms with Crippen molar-refractivity contribution in [1.82, 2.24) is 15.2 Å². The third-order valence-corrected chi connectivity index (χ3v) is 6.14. The lowest BCUT2D eigenvalue weighted by atomic mass is 10.0. The molecule has 10 heteroatoms. The first-order valence-corrected chi connectivity index (χ1v) is 10.7. The summed E-state index contributed by atoms with van der Waals surface area (Å²) in [6.45, 7) is 2.78. The maximum Gasteiger partial charge on any atom is 0.225 e. The van der Waals surface area contributed by atoms with E-state index in [4.69, 9.17) is 11.5 Å². The van der Waals surface area contributed by atoms with E-state index in [9.17, 15) is 14.4 Å². The van der Waals surface area contributed by atoms with Crippen LogP contribution < -0.4 is 16.8 Å². The molecule has 160 valence electrons. The van der Waals surface area contributed by atoms with Crippen LogP contribution in [-0.4, -0.2) is 59.1 Å². The Morgan fingerprint density at radius 3 is 2.77 bits per heavy atom. The number of thiazole rings is 1. The Morgan fingerprint density at radius 1 is 1.33 bits per heavy atom. The highest BCUT2D eigenvalue weighted by atomic mass is 32.1. The second-order valence-corrected chi connectivity index (χ2v) is 8.34. The summed E-state index contributed by atoms with van der Waals surface area (Å²) < 4.78 is 0.916. The number of Topliss-reactive ketones (excluding diaryl/α,β-unsaturated/α-hetero) is 1. The van der Waals surface area contributed by atoms with Gasteiger partial charge in [0, 0.05) is 26.6 Å². The van der Waals surface area contributed by atoms with Crippen LogP contribution in [0, 0.1) is 5.92 Å². The number of amides is 2. The number of carbonyl (C=O) groups excluding carboxylic acids is 3. The van der Waals surface area contributed by atoms with Crippen molar-refractivity contribution in [2.24, 2.45) is 22.4 Å². The van der Waals surface area contributed by atoms with Crippen LogP contribution in [0.25, 0.3) is 10.2 Å². The second-order valence-electron chi connectivity index (χ2n) is 7.31. The quantitative estimate of drug-likeness (QED) is 0.245. The summed E-state index contributed by atoms with van der Waals surface area (Å²) >= 11 is 1.31. The number of likely N-dealkylation sites (tertiary alicyclic amines) is 1. The van der Waals surface area contributed by atoms with E-state index in [-0.39, 0.29) is 29.5 Å². The fourth-order valence-electron chi connectivity index (χ4n) is 3.45. The number of benzene rings is 1. The fraction of sp³-hybridized carbons (Fsp3) is 0.450. The van der Waals surface area contributed by atoms with Crippen LogP contribution >= 0.6 is 11.3 Å². The maximum atomic E-state index is 13.1. The second kappa shape index (κ2) is 9.66. The highest BCUT2D eigenvalue weighted by Crippen LogP contribution is 2.24. The molecule has 0 aliphatic carbocycles. The molecule has 2 atom stereocenters. The Labute approximate surface area is 178 Å². The van der Waals surface area contributed by atoms with E-state index in [2.05, 4.69) is 15.3 Å². The van der Waals surface area contributed by atoms with Crippen LogP contribution in [0.15, 0.2) is 29.3 Å². The van der Waals surface area contributed by atoms with Crippen molar-refractivity contribution in [3.8, 4) is 0 Å². The van der Waals surface area contributed by atoms with Gasteiger partial charge in [-0.15, -0.1) is 11.3 Å². The van der Waals surface area contributed by atoms with Crippen LogP contribution in [0.4, 0.5) is 0 Å². The summed E-state index contributed by atoms with van der Waals surface area (Å²) in [5.41, 5.74) is 11.5. The van der Waals surface area contributed by atoms with E-state index in [1.807, 2.05) is 24.3 Å². The van der Waals surface area contributed by atoms with Crippen molar-refractivity contribution in [3.05, 3.63) is 29.3 Å². The van der Waals surface area contributed by atoms with E-state index in [1.165, 1.54) is 18.3 Å². The first-order chi connectivity index (χ1) is 14.3. The van der Waals surface area contributed by atoms with Gasteiger partial charge in [-0.2, -0.15) is 0 Å². The lowest BCUT2D eigenvalue weighted by molar-refractivity contribution is -0.128. The number of para-hydroxylation sites is 1. The zero-order chi connectivity index (χ0) is 21.7. The van der Waals surface area contributed by atoms with E-state index in [1.54, 1.807) is 4.90 Å². The van der Waals surface area contributed by atoms with Gasteiger partial charge in [-0.25, -0.2) is 4.98 Å². The summed E-state index contributed by atoms with van der Waals surface area (Å²) in [4.78, 5) is 47.5. The minimum absolute atomic E-state index is 0.0108. The molecule has 3 rings (SSSR count). The minimum atomic E-state index is -0.723. The van der Waals surface area contributed by atoms with Crippen LogP contribution in [-0.2, 0) is 9.59 Å². The predicted octanol–water partition coefficient (Wildman–Crippen LogP) is 0.886. The molecule has 5 N–H and O–H groups in total. The first kappa shape index (κ1) is 21.7. The molecular weight excluding hydrogens is 404 g/mol. The third kappa shape index (κ3) is 5.32. The molecule has 0 bridgehead atoms. The molecule has 2 aromatic rings. The monoisotopic (exact) mass is 430 g/mol. The molecule has 30 heavy (non-hydrogen) atoms. The normalized spacial score (nSPS) is 17.0. The molecule has 0 spiro atoms. The van der Waals surface area contributed by atoms with Gasteiger partial charge in [-0.05, 0) is 31.4 Å². The van der Waals surface area contributed by atoms with Crippen molar-refractivity contribution >= 4 is 45.1 Å². The number of nitrogens with zero attached hydrogens (tertiary/aromatic N) is 3. The van der Waals surface area contributed by atoms with E-state index in [0.717, 1.165) is 10.2 Å². The first-order valence-electron chi connectivity index (χ1n) is 9.86. The number of fused-ring (bicyclic) bond motifs is 1. The Bertz CT molecular complexity index is 935. The van der Waals surface area contributed by atoms with Gasteiger partial charge in [-0.3, -0.25) is 19.4 Å². The molecule has 9 nitrogen and oxygen atoms in total. The predicted molar refractivity (Wildman–Crippen MR) is 116 cm³/mol. The van der Waals surface area contributed by atoms with Gasteiger partial charge in [0.25, 0.3) is 0 Å². The average Bonchev–Trinajstić information content (AvgIpc) is 3.36. The highest BCUT2D eigenvalue weighted by Gasteiger charge is 2.32. The van der Waals surface area contributed by atoms with Crippen molar-refractivity contribution < 1.29 is 14.4 Å². The topological polar surface area (TPSA) is 144 Å². The number of rotatable bonds is 8. The summed E-state index contributed by atoms with van der Waals surface area (Å²) in [7, 11) is 0. The van der Waals surface area contributed by atoms with Crippen LogP contribution in [0.3, 0.4) is 0 Å². The van der Waals surface area contributed by atoms with Gasteiger partial charge in [0.2, 0.25) is 17.6 Å². The number of hydrogen-bond acceptors (Lipinski definition) is 6. The number of hydrogen-bond donors (Lipinski definition) is 3.